The smallest absolute Gasteiger partial charge is 0.258 e. The van der Waals surface area contributed by atoms with Gasteiger partial charge in [-0.25, -0.2) is 4.98 Å². The van der Waals surface area contributed by atoms with Gasteiger partial charge < -0.3 is 29.9 Å². The molecule has 2 aromatic carbocycles. The Kier molecular flexibility index (Phi) is 9.44. The number of carbonyl (C=O) groups excluding carboxylic acids is 2. The summed E-state index contributed by atoms with van der Waals surface area (Å²) in [6.45, 7) is 8.41. The van der Waals surface area contributed by atoms with Crippen LogP contribution in [-0.2, 0) is 6.54 Å². The van der Waals surface area contributed by atoms with Crippen molar-refractivity contribution in [2.75, 3.05) is 52.2 Å². The lowest BCUT2D eigenvalue weighted by molar-refractivity contribution is 0.0694. The monoisotopic (exact) mass is 673 g/mol. The third-order valence-corrected chi connectivity index (χ3v) is 10.5. The van der Waals surface area contributed by atoms with Gasteiger partial charge in [-0.05, 0) is 80.7 Å². The van der Waals surface area contributed by atoms with Crippen molar-refractivity contribution < 1.29 is 19.1 Å². The van der Waals surface area contributed by atoms with E-state index in [1.165, 1.54) is 38.7 Å². The highest BCUT2D eigenvalue weighted by atomic mass is 35.5. The molecule has 12 heteroatoms. The molecule has 2 aliphatic carbocycles. The van der Waals surface area contributed by atoms with Crippen molar-refractivity contribution in [3.05, 3.63) is 63.8 Å². The Labute approximate surface area is 286 Å². The molecule has 48 heavy (non-hydrogen) atoms. The summed E-state index contributed by atoms with van der Waals surface area (Å²) in [6, 6.07) is 9.85. The van der Waals surface area contributed by atoms with E-state index < -0.39 is 0 Å². The highest BCUT2D eigenvalue weighted by Crippen LogP contribution is 2.37. The molecular weight excluding hydrogens is 630 g/mol. The predicted octanol–water partition coefficient (Wildman–Crippen LogP) is 5.64. The maximum absolute atomic E-state index is 13.5. The Bertz CT molecular complexity index is 1680. The van der Waals surface area contributed by atoms with Gasteiger partial charge in [-0.15, -0.1) is 0 Å². The number of carbonyl (C=O) groups is 2. The average Bonchev–Trinajstić information content (AvgIpc) is 3.85. The number of fused-ring (bicyclic) bond motifs is 1. The first-order chi connectivity index (χ1) is 23.2. The van der Waals surface area contributed by atoms with Gasteiger partial charge in [0.15, 0.2) is 0 Å². The van der Waals surface area contributed by atoms with Gasteiger partial charge in [0.25, 0.3) is 11.8 Å². The van der Waals surface area contributed by atoms with E-state index in [9.17, 15) is 9.59 Å². The van der Waals surface area contributed by atoms with Crippen molar-refractivity contribution >= 4 is 35.1 Å². The minimum atomic E-state index is -0.117. The summed E-state index contributed by atoms with van der Waals surface area (Å²) in [4.78, 5) is 42.0. The molecule has 7 rings (SSSR count). The van der Waals surface area contributed by atoms with E-state index in [1.807, 2.05) is 25.1 Å². The Hall–Kier alpha value is -3.93. The number of aryl methyl sites for hydroxylation is 1. The van der Waals surface area contributed by atoms with Crippen molar-refractivity contribution in [3.63, 3.8) is 0 Å². The van der Waals surface area contributed by atoms with Crippen LogP contribution >= 0.6 is 11.6 Å². The molecule has 0 radical (unpaired) electrons. The van der Waals surface area contributed by atoms with Crippen LogP contribution in [0, 0.1) is 12.8 Å². The summed E-state index contributed by atoms with van der Waals surface area (Å²) in [5.41, 5.74) is 3.34. The van der Waals surface area contributed by atoms with E-state index in [0.717, 1.165) is 55.8 Å². The molecule has 2 saturated carbocycles. The first-order valence-electron chi connectivity index (χ1n) is 17.1. The first kappa shape index (κ1) is 32.6. The minimum Gasteiger partial charge on any atom is -0.495 e. The van der Waals surface area contributed by atoms with Crippen molar-refractivity contribution in [3.8, 4) is 17.4 Å². The molecule has 11 nitrogen and oxygen atoms in total. The number of halogens is 1. The van der Waals surface area contributed by atoms with E-state index in [0.29, 0.717) is 40.9 Å². The molecule has 3 heterocycles. The van der Waals surface area contributed by atoms with Gasteiger partial charge in [0.2, 0.25) is 11.8 Å². The number of anilines is 2. The van der Waals surface area contributed by atoms with Crippen LogP contribution < -0.4 is 20.1 Å². The Morgan fingerprint density at radius 2 is 1.81 bits per heavy atom. The van der Waals surface area contributed by atoms with Crippen LogP contribution in [0.5, 0.6) is 17.4 Å². The van der Waals surface area contributed by atoms with Gasteiger partial charge >= 0.3 is 0 Å². The molecule has 2 N–H and O–H groups in total. The second kappa shape index (κ2) is 13.9. The zero-order valence-corrected chi connectivity index (χ0v) is 28.7. The molecule has 1 saturated heterocycles. The number of methoxy groups -OCH3 is 1. The summed E-state index contributed by atoms with van der Waals surface area (Å²) in [5.74, 6) is 1.94. The SMILES string of the molecule is COc1cc(C(=O)NC2CCC(N3CCN(CC4CC4)CC3)CC2)c(C)cc1Nc1ncc(Cl)c(Oc2cccc3c2C(=O)N(C)C3)n1. The largest absolute Gasteiger partial charge is 0.495 e. The number of amides is 2. The van der Waals surface area contributed by atoms with E-state index in [4.69, 9.17) is 21.1 Å². The summed E-state index contributed by atoms with van der Waals surface area (Å²) < 4.78 is 11.7. The number of nitrogens with one attached hydrogen (secondary N) is 2. The Morgan fingerprint density at radius 1 is 1.04 bits per heavy atom. The molecular formula is C36H44ClN7O4. The van der Waals surface area contributed by atoms with E-state index >= 15 is 0 Å². The number of hydrogen-bond acceptors (Lipinski definition) is 9. The van der Waals surface area contributed by atoms with Crippen LogP contribution in [0.2, 0.25) is 5.02 Å². The van der Waals surface area contributed by atoms with Gasteiger partial charge in [0, 0.05) is 64.0 Å². The van der Waals surface area contributed by atoms with Crippen LogP contribution in [0.3, 0.4) is 0 Å². The fourth-order valence-corrected chi connectivity index (χ4v) is 7.42. The number of ether oxygens (including phenoxy) is 2. The second-order valence-corrected chi connectivity index (χ2v) is 14.1. The Morgan fingerprint density at radius 3 is 2.54 bits per heavy atom. The van der Waals surface area contributed by atoms with Crippen molar-refractivity contribution in [2.24, 2.45) is 5.92 Å². The lowest BCUT2D eigenvalue weighted by Crippen LogP contribution is -2.52. The second-order valence-electron chi connectivity index (χ2n) is 13.7. The maximum Gasteiger partial charge on any atom is 0.258 e. The fraction of sp³-hybridized carbons (Fsp3) is 0.500. The molecule has 0 atom stereocenters. The van der Waals surface area contributed by atoms with Gasteiger partial charge in [0.05, 0.1) is 24.6 Å². The molecule has 254 valence electrons. The maximum atomic E-state index is 13.5. The summed E-state index contributed by atoms with van der Waals surface area (Å²) in [5, 5.41) is 6.68. The van der Waals surface area contributed by atoms with Gasteiger partial charge in [-0.1, -0.05) is 23.7 Å². The standard InChI is InChI=1S/C36H44ClN7O4/c1-22-17-29(40-36-38-19-28(37)34(41-36)48-30-6-4-5-24-21-42(2)35(46)32(24)30)31(47-3)18-27(22)33(45)39-25-9-11-26(12-10-25)44-15-13-43(14-16-44)20-23-7-8-23/h4-6,17-19,23,25-26H,7-16,20-21H2,1-3H3,(H,39,45)(H,38,40,41). The van der Waals surface area contributed by atoms with Crippen molar-refractivity contribution in [2.45, 2.75) is 64.1 Å². The molecule has 0 bridgehead atoms. The molecule has 4 aliphatic rings. The summed E-state index contributed by atoms with van der Waals surface area (Å²) in [6.07, 6.45) is 8.48. The number of piperazine rings is 1. The van der Waals surface area contributed by atoms with Gasteiger partial charge in [-0.3, -0.25) is 14.5 Å². The van der Waals surface area contributed by atoms with Crippen LogP contribution in [-0.4, -0.2) is 95.4 Å². The van der Waals surface area contributed by atoms with Crippen LogP contribution in [0.4, 0.5) is 11.6 Å². The topological polar surface area (TPSA) is 112 Å². The highest BCUT2D eigenvalue weighted by molar-refractivity contribution is 6.31. The molecule has 2 amide bonds. The van der Waals surface area contributed by atoms with Crippen LogP contribution in [0.25, 0.3) is 0 Å². The minimum absolute atomic E-state index is 0.0940. The normalized spacial score (nSPS) is 21.6. The molecule has 3 aromatic rings. The summed E-state index contributed by atoms with van der Waals surface area (Å²) in [7, 11) is 3.31. The van der Waals surface area contributed by atoms with Gasteiger partial charge in [-0.2, -0.15) is 4.98 Å². The summed E-state index contributed by atoms with van der Waals surface area (Å²) >= 11 is 6.41. The Balaban J connectivity index is 0.972. The molecule has 2 aliphatic heterocycles. The number of rotatable bonds is 10. The lowest BCUT2D eigenvalue weighted by Gasteiger charge is -2.42. The zero-order chi connectivity index (χ0) is 33.4. The lowest BCUT2D eigenvalue weighted by atomic mass is 9.89. The predicted molar refractivity (Wildman–Crippen MR) is 185 cm³/mol. The number of hydrogen-bond donors (Lipinski definition) is 2. The van der Waals surface area contributed by atoms with Gasteiger partial charge in [0.1, 0.15) is 16.5 Å². The van der Waals surface area contributed by atoms with Crippen LogP contribution in [0.15, 0.2) is 36.5 Å². The number of benzene rings is 2. The highest BCUT2D eigenvalue weighted by Gasteiger charge is 2.32. The first-order valence-corrected chi connectivity index (χ1v) is 17.4. The molecule has 3 fully saturated rings. The fourth-order valence-electron chi connectivity index (χ4n) is 7.29. The van der Waals surface area contributed by atoms with E-state index in [-0.39, 0.29) is 34.7 Å². The van der Waals surface area contributed by atoms with Crippen molar-refractivity contribution in [1.82, 2.24) is 30.0 Å². The van der Waals surface area contributed by atoms with E-state index in [2.05, 4.69) is 30.4 Å². The zero-order valence-electron chi connectivity index (χ0n) is 27.9. The van der Waals surface area contributed by atoms with Crippen molar-refractivity contribution in [1.29, 1.82) is 0 Å². The average molecular weight is 674 g/mol. The van der Waals surface area contributed by atoms with E-state index in [1.54, 1.807) is 31.2 Å². The number of nitrogens with zero attached hydrogens (tertiary/aromatic N) is 5. The molecule has 0 spiro atoms. The third kappa shape index (κ3) is 7.09. The molecule has 1 aromatic heterocycles. The third-order valence-electron chi connectivity index (χ3n) is 10.2. The molecule has 0 unspecified atom stereocenters. The van der Waals surface area contributed by atoms with Crippen LogP contribution in [0.1, 0.15) is 70.4 Å². The quantitative estimate of drug-likeness (QED) is 0.283. The number of aromatic nitrogens is 2.